The Hall–Kier alpha value is -5.63. The summed E-state index contributed by atoms with van der Waals surface area (Å²) in [7, 11) is 0. The summed E-state index contributed by atoms with van der Waals surface area (Å²) in [5.41, 5.74) is 15.4. The first-order valence-corrected chi connectivity index (χ1v) is 19.3. The summed E-state index contributed by atoms with van der Waals surface area (Å²) in [6.07, 6.45) is 24.2. The van der Waals surface area contributed by atoms with Crippen LogP contribution in [0.1, 0.15) is 71.0 Å². The van der Waals surface area contributed by atoms with E-state index in [1.807, 2.05) is 12.4 Å². The standard InChI is InChI=1S/C45H49N8/c1-32-29-50-21-15-36(44(50)27-46-32)25-40-34(3)52(42-13-7-5-11-38(40)42)19-9-17-48-23-24-49(31-48)18-10-20-53-35(4)41(39-12-6-8-14-43(39)53)26-37-16-22-51-30-33(2)47-28-45(37)51/h5-8,11-14,23-31H,9-10,15-22H2,1-4H3/q+3. The van der Waals surface area contributed by atoms with Crippen molar-refractivity contribution in [2.45, 2.75) is 92.6 Å². The largest absolute Gasteiger partial charge is 0.344 e. The number of rotatable bonds is 10. The van der Waals surface area contributed by atoms with Gasteiger partial charge in [-0.25, -0.2) is 19.1 Å². The van der Waals surface area contributed by atoms with Crippen molar-refractivity contribution in [3.8, 4) is 0 Å². The minimum atomic E-state index is 0.985. The molecule has 9 rings (SSSR count). The van der Waals surface area contributed by atoms with Crippen LogP contribution in [0.3, 0.4) is 0 Å². The number of aromatic nitrogens is 8. The van der Waals surface area contributed by atoms with Crippen LogP contribution in [0.5, 0.6) is 0 Å². The Kier molecular flexibility index (Phi) is 8.61. The second kappa shape index (κ2) is 13.7. The van der Waals surface area contributed by atoms with Crippen molar-refractivity contribution >= 4 is 45.1 Å². The fourth-order valence-corrected chi connectivity index (χ4v) is 8.80. The maximum absolute atomic E-state index is 4.60. The van der Waals surface area contributed by atoms with Crippen LogP contribution in [0, 0.1) is 27.7 Å². The molecule has 7 heterocycles. The number of benzene rings is 2. The zero-order valence-corrected chi connectivity index (χ0v) is 31.5. The van der Waals surface area contributed by atoms with Gasteiger partial charge in [-0.05, 0) is 52.0 Å². The second-order valence-corrected chi connectivity index (χ2v) is 15.0. The Morgan fingerprint density at radius 3 is 1.75 bits per heavy atom. The first-order chi connectivity index (χ1) is 25.9. The van der Waals surface area contributed by atoms with Gasteiger partial charge in [-0.1, -0.05) is 36.4 Å². The average molecular weight is 702 g/mol. The van der Waals surface area contributed by atoms with Crippen LogP contribution in [0.15, 0.2) is 92.0 Å². The number of nitrogens with zero attached hydrogens (tertiary/aromatic N) is 8. The van der Waals surface area contributed by atoms with Gasteiger partial charge >= 0.3 is 0 Å². The first-order valence-electron chi connectivity index (χ1n) is 19.3. The molecular weight excluding hydrogens is 653 g/mol. The molecule has 2 aliphatic heterocycles. The molecule has 8 nitrogen and oxygen atoms in total. The van der Waals surface area contributed by atoms with Crippen molar-refractivity contribution in [2.75, 3.05) is 0 Å². The Morgan fingerprint density at radius 2 is 1.19 bits per heavy atom. The molecule has 0 amide bonds. The van der Waals surface area contributed by atoms with E-state index in [4.69, 9.17) is 0 Å². The molecule has 0 radical (unpaired) electrons. The van der Waals surface area contributed by atoms with E-state index in [1.165, 1.54) is 66.9 Å². The number of allylic oxidation sites excluding steroid dienone is 2. The highest BCUT2D eigenvalue weighted by atomic mass is 15.1. The number of para-hydroxylation sites is 2. The monoisotopic (exact) mass is 701 g/mol. The van der Waals surface area contributed by atoms with Gasteiger partial charge in [-0.2, -0.15) is 9.13 Å². The summed E-state index contributed by atoms with van der Waals surface area (Å²) in [5, 5.41) is 2.67. The Labute approximate surface area is 311 Å². The predicted molar refractivity (Wildman–Crippen MR) is 211 cm³/mol. The van der Waals surface area contributed by atoms with Crippen LogP contribution in [0.4, 0.5) is 0 Å². The maximum Gasteiger partial charge on any atom is 0.243 e. The molecular formula is C45H49N8+3. The van der Waals surface area contributed by atoms with Gasteiger partial charge in [0, 0.05) is 94.2 Å². The first kappa shape index (κ1) is 33.2. The van der Waals surface area contributed by atoms with E-state index in [0.717, 1.165) is 76.3 Å². The zero-order valence-electron chi connectivity index (χ0n) is 31.5. The molecule has 0 bridgehead atoms. The molecule has 53 heavy (non-hydrogen) atoms. The van der Waals surface area contributed by atoms with Gasteiger partial charge in [0.25, 0.3) is 0 Å². The van der Waals surface area contributed by atoms with Gasteiger partial charge in [0.1, 0.15) is 23.8 Å². The van der Waals surface area contributed by atoms with E-state index in [1.54, 1.807) is 0 Å². The molecule has 266 valence electrons. The smallest absolute Gasteiger partial charge is 0.243 e. The van der Waals surface area contributed by atoms with Crippen LogP contribution in [0.2, 0.25) is 0 Å². The molecule has 7 aromatic rings. The number of aryl methyl sites for hydroxylation is 8. The van der Waals surface area contributed by atoms with Gasteiger partial charge in [0.05, 0.1) is 25.5 Å². The maximum atomic E-state index is 4.60. The molecule has 0 fully saturated rings. The van der Waals surface area contributed by atoms with Crippen molar-refractivity contribution in [1.29, 1.82) is 0 Å². The lowest BCUT2D eigenvalue weighted by molar-refractivity contribution is -0.697. The topological polar surface area (TPSA) is 52.2 Å². The van der Waals surface area contributed by atoms with Gasteiger partial charge in [0.15, 0.2) is 25.5 Å². The number of hydrogen-bond donors (Lipinski definition) is 0. The summed E-state index contributed by atoms with van der Waals surface area (Å²) >= 11 is 0. The van der Waals surface area contributed by atoms with Crippen LogP contribution in [-0.2, 0) is 39.3 Å². The van der Waals surface area contributed by atoms with Crippen LogP contribution in [-0.4, -0.2) is 23.7 Å². The van der Waals surface area contributed by atoms with E-state index >= 15 is 0 Å². The third kappa shape index (κ3) is 6.20. The molecule has 8 heteroatoms. The fraction of sp³-hybridized carbons (Fsp3) is 0.311. The summed E-state index contributed by atoms with van der Waals surface area (Å²) in [6, 6.07) is 17.8. The van der Waals surface area contributed by atoms with E-state index < -0.39 is 0 Å². The van der Waals surface area contributed by atoms with Crippen LogP contribution >= 0.6 is 0 Å². The normalized spacial score (nSPS) is 15.4. The summed E-state index contributed by atoms with van der Waals surface area (Å²) in [4.78, 5) is 9.19. The molecule has 5 aromatic heterocycles. The third-order valence-corrected chi connectivity index (χ3v) is 11.5. The molecule has 0 aliphatic carbocycles. The van der Waals surface area contributed by atoms with Gasteiger partial charge in [-0.15, -0.1) is 0 Å². The van der Waals surface area contributed by atoms with Crippen LogP contribution in [0.25, 0.3) is 45.1 Å². The third-order valence-electron chi connectivity index (χ3n) is 11.5. The number of imidazole rings is 1. The Balaban J connectivity index is 0.862. The molecule has 0 spiro atoms. The van der Waals surface area contributed by atoms with Crippen molar-refractivity contribution in [2.24, 2.45) is 0 Å². The lowest BCUT2D eigenvalue weighted by Gasteiger charge is -2.08. The Bertz CT molecular complexity index is 2400. The number of fused-ring (bicyclic) bond motifs is 4. The highest BCUT2D eigenvalue weighted by molar-refractivity contribution is 5.97. The molecule has 2 aromatic carbocycles. The van der Waals surface area contributed by atoms with Crippen molar-refractivity contribution in [3.63, 3.8) is 0 Å². The van der Waals surface area contributed by atoms with Crippen molar-refractivity contribution in [3.05, 3.63) is 137 Å². The zero-order chi connectivity index (χ0) is 36.1. The SMILES string of the molecule is Cc1c[n+]2c(cn1)/C(=C/c1c(C)n(CCCn3cc[n+](CCCn4c(C)c(/C=C5\CC[n+]6cc(C)ncc65)c5ccccc54)c3)c3ccccc13)CC2. The molecule has 0 saturated carbocycles. The highest BCUT2D eigenvalue weighted by Crippen LogP contribution is 2.33. The summed E-state index contributed by atoms with van der Waals surface area (Å²) in [6.45, 7) is 14.7. The van der Waals surface area contributed by atoms with Crippen LogP contribution < -0.4 is 13.7 Å². The molecule has 0 saturated heterocycles. The van der Waals surface area contributed by atoms with E-state index in [2.05, 4.69) is 157 Å². The second-order valence-electron chi connectivity index (χ2n) is 15.0. The van der Waals surface area contributed by atoms with Gasteiger partial charge in [-0.3, -0.25) is 0 Å². The van der Waals surface area contributed by atoms with Gasteiger partial charge < -0.3 is 9.13 Å². The lowest BCUT2D eigenvalue weighted by atomic mass is 10.0. The van der Waals surface area contributed by atoms with Crippen molar-refractivity contribution in [1.82, 2.24) is 23.7 Å². The average Bonchev–Trinajstić information content (AvgIpc) is 3.98. The van der Waals surface area contributed by atoms with Crippen molar-refractivity contribution < 1.29 is 13.7 Å². The van der Waals surface area contributed by atoms with E-state index in [-0.39, 0.29) is 0 Å². The molecule has 2 aliphatic rings. The number of hydrogen-bond acceptors (Lipinski definition) is 2. The molecule has 0 unspecified atom stereocenters. The van der Waals surface area contributed by atoms with E-state index in [9.17, 15) is 0 Å². The molecule has 0 N–H and O–H groups in total. The fourth-order valence-electron chi connectivity index (χ4n) is 8.80. The minimum Gasteiger partial charge on any atom is -0.344 e. The van der Waals surface area contributed by atoms with E-state index in [0.29, 0.717) is 0 Å². The molecule has 0 atom stereocenters. The summed E-state index contributed by atoms with van der Waals surface area (Å²) in [5.74, 6) is 0. The Morgan fingerprint density at radius 1 is 0.660 bits per heavy atom. The summed E-state index contributed by atoms with van der Waals surface area (Å²) < 4.78 is 14.4. The highest BCUT2D eigenvalue weighted by Gasteiger charge is 2.27. The lowest BCUT2D eigenvalue weighted by Crippen LogP contribution is -2.33. The van der Waals surface area contributed by atoms with Gasteiger partial charge in [0.2, 0.25) is 17.7 Å². The minimum absolute atomic E-state index is 0.985. The quantitative estimate of drug-likeness (QED) is 0.140. The predicted octanol–water partition coefficient (Wildman–Crippen LogP) is 7.35.